The minimum atomic E-state index is -0.434. The Morgan fingerprint density at radius 3 is 1.30 bits per heavy atom. The molecule has 1 aromatic carbocycles. The third-order valence-electron chi connectivity index (χ3n) is 6.50. The molecule has 0 spiro atoms. The van der Waals surface area contributed by atoms with E-state index in [-0.39, 0.29) is 35.5 Å². The van der Waals surface area contributed by atoms with Crippen LogP contribution in [0.25, 0.3) is 0 Å². The molecule has 0 saturated carbocycles. The summed E-state index contributed by atoms with van der Waals surface area (Å²) in [5.74, 6) is -2.64. The van der Waals surface area contributed by atoms with E-state index in [0.717, 1.165) is 0 Å². The summed E-state index contributed by atoms with van der Waals surface area (Å²) < 4.78 is 0. The summed E-state index contributed by atoms with van der Waals surface area (Å²) in [6.07, 6.45) is 5.26. The second kappa shape index (κ2) is 7.06. The molecule has 0 radical (unpaired) electrons. The molecule has 0 aromatic heterocycles. The number of allylic oxidation sites excluding steroid dienone is 4. The van der Waals surface area contributed by atoms with Gasteiger partial charge in [-0.15, -0.1) is 0 Å². The van der Waals surface area contributed by atoms with Gasteiger partial charge in [0, 0.05) is 10.1 Å². The van der Waals surface area contributed by atoms with Crippen LogP contribution in [0.2, 0.25) is 0 Å². The van der Waals surface area contributed by atoms with E-state index in [1.807, 2.05) is 0 Å². The maximum Gasteiger partial charge on any atom is 0.238 e. The Hall–Kier alpha value is -2.44. The first-order valence-corrected chi connectivity index (χ1v) is 10.7. The van der Waals surface area contributed by atoms with Crippen LogP contribution < -0.4 is 9.80 Å². The molecule has 0 N–H and O–H groups in total. The number of imide groups is 2. The van der Waals surface area contributed by atoms with Gasteiger partial charge in [-0.1, -0.05) is 35.4 Å². The van der Waals surface area contributed by atoms with Crippen molar-refractivity contribution in [3.63, 3.8) is 0 Å². The van der Waals surface area contributed by atoms with Crippen molar-refractivity contribution in [3.05, 3.63) is 46.5 Å². The lowest BCUT2D eigenvalue weighted by Gasteiger charge is -2.18. The van der Waals surface area contributed by atoms with Crippen LogP contribution in [0.5, 0.6) is 0 Å². The number of rotatable bonds is 2. The summed E-state index contributed by atoms with van der Waals surface area (Å²) in [4.78, 5) is 53.6. The second-order valence-electron chi connectivity index (χ2n) is 8.15. The van der Waals surface area contributed by atoms with Crippen molar-refractivity contribution < 1.29 is 19.2 Å². The third-order valence-corrected chi connectivity index (χ3v) is 7.12. The minimum absolute atomic E-state index is 0.238. The van der Waals surface area contributed by atoms with E-state index >= 15 is 0 Å². The van der Waals surface area contributed by atoms with E-state index in [2.05, 4.69) is 0 Å². The number of hydrogen-bond acceptors (Lipinski definition) is 4. The molecule has 154 valence electrons. The van der Waals surface area contributed by atoms with E-state index in [4.69, 9.17) is 23.2 Å². The number of halogens is 2. The zero-order valence-corrected chi connectivity index (χ0v) is 17.4. The molecule has 2 heterocycles. The predicted octanol–water partition coefficient (Wildman–Crippen LogP) is 3.73. The van der Waals surface area contributed by atoms with Crippen LogP contribution in [0.15, 0.2) is 46.5 Å². The van der Waals surface area contributed by atoms with Crippen LogP contribution in [0.4, 0.5) is 11.4 Å². The second-order valence-corrected chi connectivity index (χ2v) is 9.12. The summed E-state index contributed by atoms with van der Waals surface area (Å²) >= 11 is 12.1. The number of nitrogens with zero attached hydrogens (tertiary/aromatic N) is 2. The molecule has 2 saturated heterocycles. The molecule has 30 heavy (non-hydrogen) atoms. The highest BCUT2D eigenvalue weighted by Gasteiger charge is 2.50. The molecule has 4 amide bonds. The van der Waals surface area contributed by atoms with Gasteiger partial charge in [-0.3, -0.25) is 29.0 Å². The van der Waals surface area contributed by atoms with Crippen molar-refractivity contribution in [2.45, 2.75) is 25.7 Å². The fraction of sp³-hybridized carbons (Fsp3) is 0.364. The average molecular weight is 445 g/mol. The van der Waals surface area contributed by atoms with Gasteiger partial charge in [0.25, 0.3) is 0 Å². The van der Waals surface area contributed by atoms with Crippen molar-refractivity contribution in [3.8, 4) is 0 Å². The number of amides is 4. The van der Waals surface area contributed by atoms with Crippen molar-refractivity contribution in [2.75, 3.05) is 9.80 Å². The maximum absolute atomic E-state index is 12.8. The number of fused-ring (bicyclic) bond motifs is 2. The third kappa shape index (κ3) is 2.85. The Labute approximate surface area is 183 Å². The lowest BCUT2D eigenvalue weighted by atomic mass is 9.85. The summed E-state index contributed by atoms with van der Waals surface area (Å²) in [5.41, 5.74) is 0.862. The van der Waals surface area contributed by atoms with Crippen molar-refractivity contribution in [1.29, 1.82) is 0 Å². The van der Waals surface area contributed by atoms with Crippen molar-refractivity contribution in [1.82, 2.24) is 0 Å². The minimum Gasteiger partial charge on any atom is -0.274 e. The molecule has 6 nitrogen and oxygen atoms in total. The lowest BCUT2D eigenvalue weighted by Crippen LogP contribution is -2.32. The molecule has 4 aliphatic rings. The van der Waals surface area contributed by atoms with E-state index < -0.39 is 11.8 Å². The normalized spacial score (nSPS) is 31.0. The highest BCUT2D eigenvalue weighted by atomic mass is 35.5. The van der Waals surface area contributed by atoms with Crippen molar-refractivity contribution >= 4 is 58.2 Å². The zero-order valence-electron chi connectivity index (χ0n) is 15.9. The van der Waals surface area contributed by atoms with Gasteiger partial charge in [-0.25, -0.2) is 0 Å². The number of hydrogen-bond donors (Lipinski definition) is 0. The van der Waals surface area contributed by atoms with Gasteiger partial charge in [0.2, 0.25) is 23.6 Å². The smallest absolute Gasteiger partial charge is 0.238 e. The first-order chi connectivity index (χ1) is 14.4. The fourth-order valence-corrected chi connectivity index (χ4v) is 5.43. The molecule has 5 rings (SSSR count). The average Bonchev–Trinajstić information content (AvgIpc) is 3.12. The molecule has 0 unspecified atom stereocenters. The Bertz CT molecular complexity index is 963. The molecule has 2 fully saturated rings. The maximum atomic E-state index is 12.8. The standard InChI is InChI=1S/C22H18Cl2N2O4/c23-11-1-7-15-17(9-11)21(29)25(19(15)27)13-3-5-14(6-4-13)26-20(28)16-8-2-12(24)10-18(16)22(26)30/h1-6,15-18H,7-10H2/t15-,16+,17+,18-. The Kier molecular flexibility index (Phi) is 4.60. The summed E-state index contributed by atoms with van der Waals surface area (Å²) in [7, 11) is 0. The Morgan fingerprint density at radius 1 is 0.600 bits per heavy atom. The topological polar surface area (TPSA) is 74.8 Å². The number of carbonyl (C=O) groups excluding carboxylic acids is 4. The number of benzene rings is 1. The van der Waals surface area contributed by atoms with Gasteiger partial charge in [-0.05, 0) is 49.9 Å². The fourth-order valence-electron chi connectivity index (χ4n) is 4.91. The van der Waals surface area contributed by atoms with Crippen LogP contribution >= 0.6 is 23.2 Å². The van der Waals surface area contributed by atoms with Crippen LogP contribution in [-0.4, -0.2) is 23.6 Å². The summed E-state index contributed by atoms with van der Waals surface area (Å²) in [5, 5.41) is 1.22. The summed E-state index contributed by atoms with van der Waals surface area (Å²) in [6, 6.07) is 6.41. The van der Waals surface area contributed by atoms with E-state index in [1.165, 1.54) is 9.80 Å². The highest BCUT2D eigenvalue weighted by molar-refractivity contribution is 6.31. The monoisotopic (exact) mass is 444 g/mol. The van der Waals surface area contributed by atoms with Gasteiger partial charge in [0.15, 0.2) is 0 Å². The molecular weight excluding hydrogens is 427 g/mol. The van der Waals surface area contributed by atoms with Gasteiger partial charge in [0.05, 0.1) is 35.0 Å². The van der Waals surface area contributed by atoms with Crippen molar-refractivity contribution in [2.24, 2.45) is 23.7 Å². The van der Waals surface area contributed by atoms with E-state index in [9.17, 15) is 19.2 Å². The quantitative estimate of drug-likeness (QED) is 0.651. The number of carbonyl (C=O) groups is 4. The molecular formula is C22H18Cl2N2O4. The van der Waals surface area contributed by atoms with E-state index in [1.54, 1.807) is 36.4 Å². The van der Waals surface area contributed by atoms with Crippen LogP contribution in [0.3, 0.4) is 0 Å². The van der Waals surface area contributed by atoms with Gasteiger partial charge < -0.3 is 0 Å². The molecule has 0 bridgehead atoms. The van der Waals surface area contributed by atoms with Crippen LogP contribution in [0, 0.1) is 23.7 Å². The summed E-state index contributed by atoms with van der Waals surface area (Å²) in [6.45, 7) is 0. The zero-order chi connectivity index (χ0) is 21.2. The molecule has 2 aliphatic carbocycles. The first kappa shape index (κ1) is 19.5. The van der Waals surface area contributed by atoms with Gasteiger partial charge >= 0.3 is 0 Å². The number of anilines is 2. The Balaban J connectivity index is 1.39. The van der Waals surface area contributed by atoms with Gasteiger partial charge in [0.1, 0.15) is 0 Å². The highest BCUT2D eigenvalue weighted by Crippen LogP contribution is 2.43. The van der Waals surface area contributed by atoms with Crippen LogP contribution in [-0.2, 0) is 19.2 Å². The molecule has 2 aliphatic heterocycles. The van der Waals surface area contributed by atoms with Gasteiger partial charge in [-0.2, -0.15) is 0 Å². The largest absolute Gasteiger partial charge is 0.274 e. The lowest BCUT2D eigenvalue weighted by molar-refractivity contribution is -0.124. The predicted molar refractivity (Wildman–Crippen MR) is 112 cm³/mol. The first-order valence-electron chi connectivity index (χ1n) is 9.91. The van der Waals surface area contributed by atoms with E-state index in [0.29, 0.717) is 47.1 Å². The molecule has 4 atom stereocenters. The van der Waals surface area contributed by atoms with Crippen LogP contribution in [0.1, 0.15) is 25.7 Å². The SMILES string of the molecule is O=C1[C@H]2CC(Cl)=CC[C@H]2C(=O)N1c1ccc(N2C(=O)[C@H]3CC=C(Cl)C[C@H]3C2=O)cc1. The molecule has 8 heteroatoms. The molecule has 1 aromatic rings. The Morgan fingerprint density at radius 2 is 0.933 bits per heavy atom.